The van der Waals surface area contributed by atoms with Crippen molar-refractivity contribution in [2.45, 2.75) is 18.4 Å². The molecule has 0 aromatic heterocycles. The number of Topliss-reactive ketones (excluding diaryl/α,β-unsaturated/α-hetero) is 1. The number of thioether (sulfide) groups is 1. The molecule has 0 N–H and O–H groups in total. The second-order valence-electron chi connectivity index (χ2n) is 6.62. The summed E-state index contributed by atoms with van der Waals surface area (Å²) in [6.07, 6.45) is 0. The van der Waals surface area contributed by atoms with Crippen molar-refractivity contribution in [1.29, 1.82) is 0 Å². The zero-order valence-corrected chi connectivity index (χ0v) is 17.7. The van der Waals surface area contributed by atoms with E-state index in [0.29, 0.717) is 29.2 Å². The average Bonchev–Trinajstić information content (AvgIpc) is 2.74. The fourth-order valence-corrected chi connectivity index (χ4v) is 4.01. The average molecular weight is 424 g/mol. The molecule has 5 heteroatoms. The number of nitrogens with zero attached hydrogens (tertiary/aromatic N) is 1. The second kappa shape index (κ2) is 10.3. The van der Waals surface area contributed by atoms with Crippen LogP contribution in [0.1, 0.15) is 33.2 Å². The van der Waals surface area contributed by atoms with Crippen LogP contribution in [0.15, 0.2) is 83.8 Å². The molecule has 1 amide bonds. The van der Waals surface area contributed by atoms with E-state index in [2.05, 4.69) is 0 Å². The Kier molecular flexibility index (Phi) is 7.50. The molecule has 3 rings (SSSR count). The number of ketones is 1. The maximum Gasteiger partial charge on any atom is 0.255 e. The Morgan fingerprint density at radius 1 is 0.897 bits per heavy atom. The van der Waals surface area contributed by atoms with Crippen LogP contribution in [0.25, 0.3) is 0 Å². The first-order chi connectivity index (χ1) is 14.0. The maximum atomic E-state index is 13.1. The van der Waals surface area contributed by atoms with Gasteiger partial charge in [-0.25, -0.2) is 0 Å². The SMILES string of the molecule is CC(=O)c1ccc(SCCN(Cc2ccccc2)C(=O)c2ccccc2Cl)cc1. The van der Waals surface area contributed by atoms with Gasteiger partial charge >= 0.3 is 0 Å². The van der Waals surface area contributed by atoms with Gasteiger partial charge in [-0.3, -0.25) is 9.59 Å². The van der Waals surface area contributed by atoms with Gasteiger partial charge in [0.15, 0.2) is 5.78 Å². The molecule has 0 aliphatic heterocycles. The minimum absolute atomic E-state index is 0.0564. The maximum absolute atomic E-state index is 13.1. The van der Waals surface area contributed by atoms with E-state index in [1.165, 1.54) is 0 Å². The molecule has 3 nitrogen and oxygen atoms in total. The molecule has 148 valence electrons. The van der Waals surface area contributed by atoms with Gasteiger partial charge in [0, 0.05) is 29.3 Å². The molecule has 0 unspecified atom stereocenters. The van der Waals surface area contributed by atoms with E-state index in [0.717, 1.165) is 16.2 Å². The third-order valence-electron chi connectivity index (χ3n) is 4.50. The number of hydrogen-bond donors (Lipinski definition) is 0. The first-order valence-electron chi connectivity index (χ1n) is 9.36. The summed E-state index contributed by atoms with van der Waals surface area (Å²) in [6, 6.07) is 24.6. The molecule has 29 heavy (non-hydrogen) atoms. The highest BCUT2D eigenvalue weighted by molar-refractivity contribution is 7.99. The van der Waals surface area contributed by atoms with E-state index in [1.807, 2.05) is 71.6 Å². The van der Waals surface area contributed by atoms with Crippen LogP contribution in [0.3, 0.4) is 0 Å². The predicted octanol–water partition coefficient (Wildman–Crippen LogP) is 5.98. The molecule has 0 atom stereocenters. The second-order valence-corrected chi connectivity index (χ2v) is 8.20. The lowest BCUT2D eigenvalue weighted by Gasteiger charge is -2.23. The molecule has 0 saturated heterocycles. The third-order valence-corrected chi connectivity index (χ3v) is 5.82. The minimum Gasteiger partial charge on any atom is -0.333 e. The summed E-state index contributed by atoms with van der Waals surface area (Å²) in [4.78, 5) is 27.4. The fraction of sp³-hybridized carbons (Fsp3) is 0.167. The largest absolute Gasteiger partial charge is 0.333 e. The Hall–Kier alpha value is -2.56. The molecule has 0 fully saturated rings. The summed E-state index contributed by atoms with van der Waals surface area (Å²) in [7, 11) is 0. The van der Waals surface area contributed by atoms with Gasteiger partial charge in [-0.15, -0.1) is 11.8 Å². The Morgan fingerprint density at radius 2 is 1.55 bits per heavy atom. The van der Waals surface area contributed by atoms with Crippen LogP contribution >= 0.6 is 23.4 Å². The molecule has 0 saturated carbocycles. The number of carbonyl (C=O) groups excluding carboxylic acids is 2. The van der Waals surface area contributed by atoms with E-state index < -0.39 is 0 Å². The highest BCUT2D eigenvalue weighted by atomic mass is 35.5. The van der Waals surface area contributed by atoms with Gasteiger partial charge in [0.05, 0.1) is 10.6 Å². The van der Waals surface area contributed by atoms with Crippen molar-refractivity contribution in [3.05, 3.63) is 101 Å². The summed E-state index contributed by atoms with van der Waals surface area (Å²) >= 11 is 7.91. The molecule has 3 aromatic rings. The molecule has 0 aliphatic carbocycles. The van der Waals surface area contributed by atoms with E-state index in [-0.39, 0.29) is 11.7 Å². The quantitative estimate of drug-likeness (QED) is 0.330. The van der Waals surface area contributed by atoms with Crippen LogP contribution in [0.4, 0.5) is 0 Å². The van der Waals surface area contributed by atoms with E-state index in [4.69, 9.17) is 11.6 Å². The zero-order chi connectivity index (χ0) is 20.6. The molecule has 3 aromatic carbocycles. The highest BCUT2D eigenvalue weighted by Crippen LogP contribution is 2.22. The van der Waals surface area contributed by atoms with E-state index >= 15 is 0 Å². The van der Waals surface area contributed by atoms with E-state index in [9.17, 15) is 9.59 Å². The standard InChI is InChI=1S/C24H22ClNO2S/c1-18(27)20-11-13-21(14-12-20)29-16-15-26(17-19-7-3-2-4-8-19)24(28)22-9-5-6-10-23(22)25/h2-14H,15-17H2,1H3. The number of hydrogen-bond acceptors (Lipinski definition) is 3. The van der Waals surface area contributed by atoms with Gasteiger partial charge in [-0.2, -0.15) is 0 Å². The van der Waals surface area contributed by atoms with Gasteiger partial charge < -0.3 is 4.90 Å². The van der Waals surface area contributed by atoms with Crippen LogP contribution in [0, 0.1) is 0 Å². The van der Waals surface area contributed by atoms with Crippen molar-refractivity contribution in [1.82, 2.24) is 4.90 Å². The summed E-state index contributed by atoms with van der Waals surface area (Å²) in [5.74, 6) is 0.718. The predicted molar refractivity (Wildman–Crippen MR) is 120 cm³/mol. The van der Waals surface area contributed by atoms with Crippen LogP contribution in [0.2, 0.25) is 5.02 Å². The van der Waals surface area contributed by atoms with Crippen molar-refractivity contribution in [2.24, 2.45) is 0 Å². The Morgan fingerprint density at radius 3 is 2.21 bits per heavy atom. The first kappa shape index (κ1) is 21.2. The van der Waals surface area contributed by atoms with Gasteiger partial charge in [-0.1, -0.05) is 66.2 Å². The summed E-state index contributed by atoms with van der Waals surface area (Å²) in [5, 5.41) is 0.461. The Bertz CT molecular complexity index is 974. The van der Waals surface area contributed by atoms with Gasteiger partial charge in [-0.05, 0) is 36.8 Å². The topological polar surface area (TPSA) is 37.4 Å². The highest BCUT2D eigenvalue weighted by Gasteiger charge is 2.18. The van der Waals surface area contributed by atoms with Crippen LogP contribution in [0.5, 0.6) is 0 Å². The molecular weight excluding hydrogens is 402 g/mol. The Labute approximate surface area is 180 Å². The van der Waals surface area contributed by atoms with Gasteiger partial charge in [0.25, 0.3) is 5.91 Å². The number of amides is 1. The van der Waals surface area contributed by atoms with Crippen molar-refractivity contribution in [3.63, 3.8) is 0 Å². The number of carbonyl (C=O) groups is 2. The van der Waals surface area contributed by atoms with Gasteiger partial charge in [0.2, 0.25) is 0 Å². The third kappa shape index (κ3) is 5.96. The normalized spacial score (nSPS) is 10.6. The van der Waals surface area contributed by atoms with Gasteiger partial charge in [0.1, 0.15) is 0 Å². The molecule has 0 heterocycles. The van der Waals surface area contributed by atoms with Crippen LogP contribution < -0.4 is 0 Å². The number of halogens is 1. The Balaban J connectivity index is 1.70. The lowest BCUT2D eigenvalue weighted by molar-refractivity contribution is 0.0754. The monoisotopic (exact) mass is 423 g/mol. The minimum atomic E-state index is -0.0769. The molecule has 0 bridgehead atoms. The molecular formula is C24H22ClNO2S. The molecule has 0 spiro atoms. The van der Waals surface area contributed by atoms with Crippen molar-refractivity contribution in [2.75, 3.05) is 12.3 Å². The number of benzene rings is 3. The summed E-state index contributed by atoms with van der Waals surface area (Å²) in [6.45, 7) is 2.66. The summed E-state index contributed by atoms with van der Waals surface area (Å²) in [5.41, 5.74) is 2.29. The lowest BCUT2D eigenvalue weighted by Crippen LogP contribution is -2.32. The number of rotatable bonds is 8. The fourth-order valence-electron chi connectivity index (χ4n) is 2.92. The summed E-state index contributed by atoms with van der Waals surface area (Å²) < 4.78 is 0. The van der Waals surface area contributed by atoms with E-state index in [1.54, 1.807) is 30.8 Å². The smallest absolute Gasteiger partial charge is 0.255 e. The molecule has 0 radical (unpaired) electrons. The zero-order valence-electron chi connectivity index (χ0n) is 16.2. The first-order valence-corrected chi connectivity index (χ1v) is 10.7. The molecule has 0 aliphatic rings. The van der Waals surface area contributed by atoms with Crippen molar-refractivity contribution < 1.29 is 9.59 Å². The van der Waals surface area contributed by atoms with Crippen LogP contribution in [-0.2, 0) is 6.54 Å². The van der Waals surface area contributed by atoms with Crippen molar-refractivity contribution >= 4 is 35.1 Å². The van der Waals surface area contributed by atoms with Crippen molar-refractivity contribution in [3.8, 4) is 0 Å². The van der Waals surface area contributed by atoms with Crippen LogP contribution in [-0.4, -0.2) is 28.9 Å². The lowest BCUT2D eigenvalue weighted by atomic mass is 10.1.